The third-order valence-electron chi connectivity index (χ3n) is 5.19. The van der Waals surface area contributed by atoms with Gasteiger partial charge in [0.15, 0.2) is 0 Å². The zero-order chi connectivity index (χ0) is 21.7. The largest absolute Gasteiger partial charge is 0.356 e. The average molecular weight is 410 g/mol. The fourth-order valence-corrected chi connectivity index (χ4v) is 3.27. The first-order chi connectivity index (χ1) is 14.0. The lowest BCUT2D eigenvalue weighted by Crippen LogP contribution is -2.24. The van der Waals surface area contributed by atoms with E-state index in [-0.39, 0.29) is 17.5 Å². The first kappa shape index (κ1) is 27.5. The minimum atomic E-state index is 0.0829. The second-order valence-electron chi connectivity index (χ2n) is 8.12. The highest BCUT2D eigenvalue weighted by Gasteiger charge is 2.05. The number of unbranched alkanes of at least 4 members (excludes halogenated alkanes) is 8. The van der Waals surface area contributed by atoms with E-state index in [1.807, 2.05) is 6.92 Å². The normalized spacial score (nSPS) is 10.7. The molecule has 0 saturated heterocycles. The predicted molar refractivity (Wildman–Crippen MR) is 118 cm³/mol. The van der Waals surface area contributed by atoms with E-state index in [2.05, 4.69) is 5.32 Å². The highest BCUT2D eigenvalue weighted by atomic mass is 16.2. The van der Waals surface area contributed by atoms with Crippen LogP contribution in [0, 0.1) is 0 Å². The van der Waals surface area contributed by atoms with Gasteiger partial charge < -0.3 is 10.1 Å². The Labute approximate surface area is 177 Å². The van der Waals surface area contributed by atoms with Crippen LogP contribution in [0.4, 0.5) is 0 Å². The Morgan fingerprint density at radius 1 is 0.552 bits per heavy atom. The molecule has 0 aromatic rings. The Kier molecular flexibility index (Phi) is 18.7. The molecule has 0 heterocycles. The summed E-state index contributed by atoms with van der Waals surface area (Å²) in [5.74, 6) is 0.854. The van der Waals surface area contributed by atoms with Crippen LogP contribution in [0.15, 0.2) is 0 Å². The summed E-state index contributed by atoms with van der Waals surface area (Å²) in [6.07, 6.45) is 14.8. The lowest BCUT2D eigenvalue weighted by molar-refractivity contribution is -0.122. The quantitative estimate of drug-likeness (QED) is 0.254. The van der Waals surface area contributed by atoms with Crippen LogP contribution in [0.2, 0.25) is 0 Å². The van der Waals surface area contributed by atoms with Crippen molar-refractivity contribution < 1.29 is 19.2 Å². The highest BCUT2D eigenvalue weighted by Crippen LogP contribution is 2.11. The SMILES string of the molecule is CCC(=O)CCCCCCCCCCC(=O)NCCCC(=O)CCCCC(C)=O. The molecule has 5 nitrogen and oxygen atoms in total. The summed E-state index contributed by atoms with van der Waals surface area (Å²) in [4.78, 5) is 45.5. The van der Waals surface area contributed by atoms with Gasteiger partial charge in [0.1, 0.15) is 17.3 Å². The first-order valence-corrected chi connectivity index (χ1v) is 11.7. The van der Waals surface area contributed by atoms with E-state index < -0.39 is 0 Å². The van der Waals surface area contributed by atoms with Gasteiger partial charge in [-0.2, -0.15) is 0 Å². The summed E-state index contributed by atoms with van der Waals surface area (Å²) in [6.45, 7) is 4.07. The molecule has 0 radical (unpaired) electrons. The molecule has 1 amide bonds. The molecule has 0 aliphatic carbocycles. The van der Waals surface area contributed by atoms with E-state index in [1.54, 1.807) is 6.92 Å². The summed E-state index contributed by atoms with van der Waals surface area (Å²) in [5.41, 5.74) is 0. The van der Waals surface area contributed by atoms with Crippen molar-refractivity contribution in [2.75, 3.05) is 6.54 Å². The summed E-state index contributed by atoms with van der Waals surface area (Å²) in [7, 11) is 0. The van der Waals surface area contributed by atoms with Gasteiger partial charge in [0.2, 0.25) is 5.91 Å². The molecule has 0 saturated carbocycles. The predicted octanol–water partition coefficient (Wildman–Crippen LogP) is 5.48. The van der Waals surface area contributed by atoms with Crippen molar-refractivity contribution in [3.05, 3.63) is 0 Å². The molecule has 5 heteroatoms. The molecule has 0 aromatic heterocycles. The molecule has 0 aliphatic rings. The van der Waals surface area contributed by atoms with Crippen molar-refractivity contribution in [2.24, 2.45) is 0 Å². The maximum Gasteiger partial charge on any atom is 0.219 e. The van der Waals surface area contributed by atoms with E-state index in [9.17, 15) is 19.2 Å². The van der Waals surface area contributed by atoms with Crippen molar-refractivity contribution in [3.8, 4) is 0 Å². The number of carbonyl (C=O) groups is 4. The molecule has 0 rings (SSSR count). The number of amides is 1. The molecule has 0 atom stereocenters. The molecule has 0 spiro atoms. The average Bonchev–Trinajstić information content (AvgIpc) is 2.69. The third-order valence-corrected chi connectivity index (χ3v) is 5.19. The molecule has 0 bridgehead atoms. The summed E-state index contributed by atoms with van der Waals surface area (Å²) >= 11 is 0. The van der Waals surface area contributed by atoms with Gasteiger partial charge in [0.05, 0.1) is 0 Å². The van der Waals surface area contributed by atoms with E-state index in [0.717, 1.165) is 44.9 Å². The van der Waals surface area contributed by atoms with Gasteiger partial charge in [-0.3, -0.25) is 14.4 Å². The number of hydrogen-bond acceptors (Lipinski definition) is 4. The van der Waals surface area contributed by atoms with Crippen LogP contribution in [0.5, 0.6) is 0 Å². The van der Waals surface area contributed by atoms with Crippen LogP contribution < -0.4 is 5.32 Å². The zero-order valence-electron chi connectivity index (χ0n) is 18.9. The second-order valence-corrected chi connectivity index (χ2v) is 8.12. The smallest absolute Gasteiger partial charge is 0.219 e. The Morgan fingerprint density at radius 2 is 1.00 bits per heavy atom. The van der Waals surface area contributed by atoms with E-state index in [0.29, 0.717) is 50.9 Å². The van der Waals surface area contributed by atoms with Crippen molar-refractivity contribution in [2.45, 2.75) is 123 Å². The minimum Gasteiger partial charge on any atom is -0.356 e. The Bertz CT molecular complexity index is 474. The van der Waals surface area contributed by atoms with Crippen LogP contribution in [0.3, 0.4) is 0 Å². The third kappa shape index (κ3) is 21.0. The van der Waals surface area contributed by atoms with Gasteiger partial charge in [-0.15, -0.1) is 0 Å². The molecular formula is C24H43NO4. The topological polar surface area (TPSA) is 80.3 Å². The summed E-state index contributed by atoms with van der Waals surface area (Å²) < 4.78 is 0. The monoisotopic (exact) mass is 409 g/mol. The van der Waals surface area contributed by atoms with Crippen LogP contribution >= 0.6 is 0 Å². The van der Waals surface area contributed by atoms with E-state index in [1.165, 1.54) is 25.7 Å². The molecule has 0 fully saturated rings. The van der Waals surface area contributed by atoms with Crippen LogP contribution in [0.25, 0.3) is 0 Å². The second kappa shape index (κ2) is 19.8. The van der Waals surface area contributed by atoms with Crippen LogP contribution in [0.1, 0.15) is 123 Å². The molecule has 29 heavy (non-hydrogen) atoms. The summed E-state index contributed by atoms with van der Waals surface area (Å²) in [6, 6.07) is 0. The number of carbonyl (C=O) groups excluding carboxylic acids is 4. The van der Waals surface area contributed by atoms with Gasteiger partial charge in [-0.25, -0.2) is 0 Å². The van der Waals surface area contributed by atoms with Crippen molar-refractivity contribution >= 4 is 23.3 Å². The van der Waals surface area contributed by atoms with Crippen molar-refractivity contribution in [1.29, 1.82) is 0 Å². The lowest BCUT2D eigenvalue weighted by Gasteiger charge is -2.05. The lowest BCUT2D eigenvalue weighted by atomic mass is 10.0. The molecule has 0 aromatic carbocycles. The van der Waals surface area contributed by atoms with Crippen LogP contribution in [-0.4, -0.2) is 29.8 Å². The van der Waals surface area contributed by atoms with Gasteiger partial charge in [0, 0.05) is 45.1 Å². The first-order valence-electron chi connectivity index (χ1n) is 11.7. The number of rotatable bonds is 21. The maximum atomic E-state index is 11.8. The van der Waals surface area contributed by atoms with Gasteiger partial charge in [-0.05, 0) is 39.0 Å². The van der Waals surface area contributed by atoms with Crippen molar-refractivity contribution in [3.63, 3.8) is 0 Å². The Hall–Kier alpha value is -1.52. The zero-order valence-corrected chi connectivity index (χ0v) is 18.9. The number of hydrogen-bond donors (Lipinski definition) is 1. The maximum absolute atomic E-state index is 11.8. The van der Waals surface area contributed by atoms with E-state index in [4.69, 9.17) is 0 Å². The number of nitrogens with one attached hydrogen (secondary N) is 1. The van der Waals surface area contributed by atoms with E-state index >= 15 is 0 Å². The fourth-order valence-electron chi connectivity index (χ4n) is 3.27. The highest BCUT2D eigenvalue weighted by molar-refractivity contribution is 5.79. The van der Waals surface area contributed by atoms with Crippen molar-refractivity contribution in [1.82, 2.24) is 5.32 Å². The standard InChI is InChI=1S/C24H43NO4/c1-3-22(27)16-10-8-6-4-5-7-9-11-19-24(29)25-20-14-18-23(28)17-13-12-15-21(2)26/h3-20H2,1-2H3,(H,25,29). The molecule has 168 valence electrons. The number of Topliss-reactive ketones (excluding diaryl/α,β-unsaturated/α-hetero) is 3. The summed E-state index contributed by atoms with van der Waals surface area (Å²) in [5, 5.41) is 2.90. The minimum absolute atomic E-state index is 0.0829. The van der Waals surface area contributed by atoms with Gasteiger partial charge in [-0.1, -0.05) is 45.4 Å². The fraction of sp³-hybridized carbons (Fsp3) is 0.833. The van der Waals surface area contributed by atoms with Gasteiger partial charge in [0.25, 0.3) is 0 Å². The van der Waals surface area contributed by atoms with Crippen LogP contribution in [-0.2, 0) is 19.2 Å². The Morgan fingerprint density at radius 3 is 1.59 bits per heavy atom. The number of ketones is 3. The molecule has 0 unspecified atom stereocenters. The molecular weight excluding hydrogens is 366 g/mol. The molecule has 1 N–H and O–H groups in total. The Balaban J connectivity index is 3.34. The van der Waals surface area contributed by atoms with Gasteiger partial charge >= 0.3 is 0 Å². The molecule has 0 aliphatic heterocycles.